The van der Waals surface area contributed by atoms with E-state index in [-0.39, 0.29) is 21.8 Å². The van der Waals surface area contributed by atoms with Gasteiger partial charge in [0, 0.05) is 16.8 Å². The number of nitrogen functional groups attached to an aromatic ring is 1. The van der Waals surface area contributed by atoms with Crippen molar-refractivity contribution in [1.29, 1.82) is 0 Å². The van der Waals surface area contributed by atoms with E-state index >= 15 is 0 Å². The summed E-state index contributed by atoms with van der Waals surface area (Å²) >= 11 is 6.17. The summed E-state index contributed by atoms with van der Waals surface area (Å²) in [6, 6.07) is 7.52. The second kappa shape index (κ2) is 6.68. The van der Waals surface area contributed by atoms with Crippen LogP contribution in [0.2, 0.25) is 5.02 Å². The number of anilines is 1. The molecule has 2 aromatic carbocycles. The molecule has 0 saturated heterocycles. The standard InChI is InChI=1S/C16H15ClF3NO2/c1-2-23-13-5-3-4-10(14(13)17)15(22)11-8-9(16(18,19)20)6-7-12(11)21/h3-8,15,22H,2,21H2,1H3. The van der Waals surface area contributed by atoms with Gasteiger partial charge in [-0.1, -0.05) is 23.7 Å². The SMILES string of the molecule is CCOc1cccc(C(O)c2cc(C(F)(F)F)ccc2N)c1Cl. The molecule has 0 fully saturated rings. The maximum atomic E-state index is 12.8. The van der Waals surface area contributed by atoms with Crippen LogP contribution < -0.4 is 10.5 Å². The minimum absolute atomic E-state index is 0.0448. The lowest BCUT2D eigenvalue weighted by molar-refractivity contribution is -0.137. The molecular weight excluding hydrogens is 331 g/mol. The van der Waals surface area contributed by atoms with Gasteiger partial charge in [-0.05, 0) is 31.2 Å². The van der Waals surface area contributed by atoms with Gasteiger partial charge in [0.25, 0.3) is 0 Å². The van der Waals surface area contributed by atoms with Crippen LogP contribution in [0.3, 0.4) is 0 Å². The molecule has 23 heavy (non-hydrogen) atoms. The normalized spacial score (nSPS) is 13.0. The summed E-state index contributed by atoms with van der Waals surface area (Å²) in [4.78, 5) is 0. The van der Waals surface area contributed by atoms with Crippen molar-refractivity contribution in [3.05, 3.63) is 58.1 Å². The van der Waals surface area contributed by atoms with Crippen LogP contribution >= 0.6 is 11.6 Å². The molecule has 0 aromatic heterocycles. The Balaban J connectivity index is 2.49. The minimum Gasteiger partial charge on any atom is -0.492 e. The Kier molecular flexibility index (Phi) is 5.06. The van der Waals surface area contributed by atoms with Crippen LogP contribution in [0.15, 0.2) is 36.4 Å². The summed E-state index contributed by atoms with van der Waals surface area (Å²) in [6.07, 6.45) is -5.93. The molecule has 0 amide bonds. The van der Waals surface area contributed by atoms with Crippen molar-refractivity contribution in [3.8, 4) is 5.75 Å². The molecule has 0 aliphatic rings. The first-order valence-electron chi connectivity index (χ1n) is 6.81. The van der Waals surface area contributed by atoms with Gasteiger partial charge in [-0.2, -0.15) is 13.2 Å². The van der Waals surface area contributed by atoms with E-state index in [1.807, 2.05) is 0 Å². The Morgan fingerprint density at radius 3 is 2.52 bits per heavy atom. The summed E-state index contributed by atoms with van der Waals surface area (Å²) in [7, 11) is 0. The Labute approximate surface area is 136 Å². The van der Waals surface area contributed by atoms with Crippen LogP contribution in [0.1, 0.15) is 29.7 Å². The van der Waals surface area contributed by atoms with Crippen molar-refractivity contribution in [1.82, 2.24) is 0 Å². The van der Waals surface area contributed by atoms with Crippen LogP contribution in [-0.4, -0.2) is 11.7 Å². The first kappa shape index (κ1) is 17.4. The lowest BCUT2D eigenvalue weighted by atomic mass is 9.97. The van der Waals surface area contributed by atoms with E-state index in [0.29, 0.717) is 12.4 Å². The van der Waals surface area contributed by atoms with E-state index in [9.17, 15) is 18.3 Å². The molecule has 3 nitrogen and oxygen atoms in total. The molecule has 1 atom stereocenters. The van der Waals surface area contributed by atoms with E-state index in [0.717, 1.165) is 18.2 Å². The molecule has 0 spiro atoms. The molecular formula is C16H15ClF3NO2. The number of aliphatic hydroxyl groups excluding tert-OH is 1. The zero-order valence-corrected chi connectivity index (χ0v) is 12.9. The van der Waals surface area contributed by atoms with Gasteiger partial charge < -0.3 is 15.6 Å². The number of nitrogens with two attached hydrogens (primary N) is 1. The smallest absolute Gasteiger partial charge is 0.416 e. The number of aliphatic hydroxyl groups is 1. The highest BCUT2D eigenvalue weighted by atomic mass is 35.5. The average Bonchev–Trinajstić information content (AvgIpc) is 2.48. The third-order valence-electron chi connectivity index (χ3n) is 3.30. The predicted octanol–water partition coefficient (Wildman–Crippen LogP) is 4.42. The summed E-state index contributed by atoms with van der Waals surface area (Å²) in [6.45, 7) is 2.13. The fourth-order valence-corrected chi connectivity index (χ4v) is 2.45. The Morgan fingerprint density at radius 1 is 1.22 bits per heavy atom. The van der Waals surface area contributed by atoms with Crippen molar-refractivity contribution in [2.24, 2.45) is 0 Å². The van der Waals surface area contributed by atoms with Crippen LogP contribution in [-0.2, 0) is 6.18 Å². The molecule has 1 unspecified atom stereocenters. The number of hydrogen-bond donors (Lipinski definition) is 2. The number of halogens is 4. The van der Waals surface area contributed by atoms with Gasteiger partial charge in [0.2, 0.25) is 0 Å². The maximum absolute atomic E-state index is 12.8. The number of hydrogen-bond acceptors (Lipinski definition) is 3. The first-order chi connectivity index (χ1) is 10.8. The van der Waals surface area contributed by atoms with Gasteiger partial charge in [-0.15, -0.1) is 0 Å². The molecule has 0 bridgehead atoms. The quantitative estimate of drug-likeness (QED) is 0.806. The van der Waals surface area contributed by atoms with Gasteiger partial charge in [-0.3, -0.25) is 0 Å². The van der Waals surface area contributed by atoms with Gasteiger partial charge in [0.05, 0.1) is 17.2 Å². The largest absolute Gasteiger partial charge is 0.492 e. The molecule has 0 heterocycles. The maximum Gasteiger partial charge on any atom is 0.416 e. The molecule has 0 radical (unpaired) electrons. The third kappa shape index (κ3) is 3.71. The van der Waals surface area contributed by atoms with E-state index in [1.165, 1.54) is 6.07 Å². The highest BCUT2D eigenvalue weighted by Gasteiger charge is 2.32. The van der Waals surface area contributed by atoms with E-state index < -0.39 is 17.8 Å². The summed E-state index contributed by atoms with van der Waals surface area (Å²) < 4.78 is 43.8. The third-order valence-corrected chi connectivity index (χ3v) is 3.70. The van der Waals surface area contributed by atoms with Gasteiger partial charge in [0.1, 0.15) is 11.9 Å². The molecule has 2 rings (SSSR count). The second-order valence-electron chi connectivity index (χ2n) is 4.84. The number of alkyl halides is 3. The molecule has 0 aliphatic heterocycles. The van der Waals surface area contributed by atoms with Crippen LogP contribution in [0.5, 0.6) is 5.75 Å². The van der Waals surface area contributed by atoms with Crippen molar-refractivity contribution in [2.45, 2.75) is 19.2 Å². The molecule has 2 aromatic rings. The summed E-state index contributed by atoms with van der Waals surface area (Å²) in [5, 5.41) is 10.6. The molecule has 0 aliphatic carbocycles. The number of ether oxygens (including phenoxy) is 1. The zero-order chi connectivity index (χ0) is 17.2. The van der Waals surface area contributed by atoms with Crippen molar-refractivity contribution in [2.75, 3.05) is 12.3 Å². The van der Waals surface area contributed by atoms with Gasteiger partial charge in [-0.25, -0.2) is 0 Å². The predicted molar refractivity (Wildman–Crippen MR) is 82.5 cm³/mol. The summed E-state index contributed by atoms with van der Waals surface area (Å²) in [5.41, 5.74) is 5.04. The lowest BCUT2D eigenvalue weighted by Gasteiger charge is -2.18. The molecule has 3 N–H and O–H groups in total. The molecule has 7 heteroatoms. The second-order valence-corrected chi connectivity index (χ2v) is 5.21. The molecule has 124 valence electrons. The fourth-order valence-electron chi connectivity index (χ4n) is 2.16. The fraction of sp³-hybridized carbons (Fsp3) is 0.250. The molecule has 0 saturated carbocycles. The Morgan fingerprint density at radius 2 is 1.91 bits per heavy atom. The van der Waals surface area contributed by atoms with Crippen LogP contribution in [0.4, 0.5) is 18.9 Å². The van der Waals surface area contributed by atoms with Crippen molar-refractivity contribution >= 4 is 17.3 Å². The number of benzene rings is 2. The lowest BCUT2D eigenvalue weighted by Crippen LogP contribution is -2.10. The average molecular weight is 346 g/mol. The topological polar surface area (TPSA) is 55.5 Å². The van der Waals surface area contributed by atoms with E-state index in [1.54, 1.807) is 19.1 Å². The van der Waals surface area contributed by atoms with Gasteiger partial charge >= 0.3 is 6.18 Å². The highest BCUT2D eigenvalue weighted by Crippen LogP contribution is 2.38. The van der Waals surface area contributed by atoms with E-state index in [2.05, 4.69) is 0 Å². The number of rotatable bonds is 4. The van der Waals surface area contributed by atoms with Crippen molar-refractivity contribution in [3.63, 3.8) is 0 Å². The first-order valence-corrected chi connectivity index (χ1v) is 7.19. The zero-order valence-electron chi connectivity index (χ0n) is 12.2. The van der Waals surface area contributed by atoms with Crippen molar-refractivity contribution < 1.29 is 23.0 Å². The van der Waals surface area contributed by atoms with Gasteiger partial charge in [0.15, 0.2) is 0 Å². The Bertz CT molecular complexity index is 704. The summed E-state index contributed by atoms with van der Waals surface area (Å²) in [5.74, 6) is 0.344. The van der Waals surface area contributed by atoms with E-state index in [4.69, 9.17) is 22.1 Å². The Hall–Kier alpha value is -1.92. The minimum atomic E-state index is -4.53. The van der Waals surface area contributed by atoms with Crippen LogP contribution in [0, 0.1) is 0 Å². The monoisotopic (exact) mass is 345 g/mol. The highest BCUT2D eigenvalue weighted by molar-refractivity contribution is 6.32. The van der Waals surface area contributed by atoms with Crippen LogP contribution in [0.25, 0.3) is 0 Å².